The van der Waals surface area contributed by atoms with Gasteiger partial charge in [-0.1, -0.05) is 17.7 Å². The van der Waals surface area contributed by atoms with Gasteiger partial charge in [0.05, 0.1) is 7.11 Å². The molecule has 0 fully saturated rings. The molecule has 2 aromatic rings. The molecule has 0 aliphatic rings. The Morgan fingerprint density at radius 1 is 1.33 bits per heavy atom. The summed E-state index contributed by atoms with van der Waals surface area (Å²) in [5.41, 5.74) is 0. The molecule has 0 saturated carbocycles. The molecule has 1 aromatic carbocycles. The van der Waals surface area contributed by atoms with Crippen molar-refractivity contribution in [2.45, 2.75) is 23.7 Å². The molecule has 1 heterocycles. The lowest BCUT2D eigenvalue weighted by atomic mass is 10.0. The van der Waals surface area contributed by atoms with E-state index in [0.29, 0.717) is 17.9 Å². The van der Waals surface area contributed by atoms with Gasteiger partial charge in [-0.15, -0.1) is 11.3 Å². The van der Waals surface area contributed by atoms with Crippen molar-refractivity contribution in [3.8, 4) is 5.75 Å². The molecule has 1 aromatic heterocycles. The van der Waals surface area contributed by atoms with E-state index in [9.17, 15) is 13.5 Å². The molecule has 2 N–H and O–H groups in total. The van der Waals surface area contributed by atoms with Crippen LogP contribution in [0.3, 0.4) is 0 Å². The standard InChI is InChI=1S/C16H20ClNO4S2/c1-22-14-5-4-13(17)11-16(14)24(20,21)18-8-6-12(7-9-19)15-3-2-10-23-15/h2-5,10-12,18-19H,6-9H2,1H3/t12-/m1/s1. The number of thiophene rings is 1. The number of aliphatic hydroxyl groups excluding tert-OH is 1. The second-order valence-corrected chi connectivity index (χ2v) is 8.36. The maximum Gasteiger partial charge on any atom is 0.244 e. The minimum absolute atomic E-state index is 0.0207. The molecule has 8 heteroatoms. The summed E-state index contributed by atoms with van der Waals surface area (Å²) < 4.78 is 32.7. The summed E-state index contributed by atoms with van der Waals surface area (Å²) in [5.74, 6) is 0.371. The van der Waals surface area contributed by atoms with Crippen LogP contribution in [0.1, 0.15) is 23.6 Å². The topological polar surface area (TPSA) is 75.6 Å². The summed E-state index contributed by atoms with van der Waals surface area (Å²) in [6.07, 6.45) is 1.20. The maximum absolute atomic E-state index is 12.5. The number of halogens is 1. The third-order valence-electron chi connectivity index (χ3n) is 3.62. The van der Waals surface area contributed by atoms with Crippen LogP contribution in [0.15, 0.2) is 40.6 Å². The van der Waals surface area contributed by atoms with Gasteiger partial charge in [0.2, 0.25) is 10.0 Å². The Hall–Kier alpha value is -1.12. The van der Waals surface area contributed by atoms with Crippen molar-refractivity contribution < 1.29 is 18.3 Å². The second kappa shape index (κ2) is 8.82. The molecule has 0 aliphatic heterocycles. The van der Waals surface area contributed by atoms with Crippen LogP contribution in [0.2, 0.25) is 5.02 Å². The number of aliphatic hydroxyl groups is 1. The summed E-state index contributed by atoms with van der Waals surface area (Å²) >= 11 is 7.51. The van der Waals surface area contributed by atoms with Crippen LogP contribution in [0.5, 0.6) is 5.75 Å². The first kappa shape index (κ1) is 19.2. The number of benzene rings is 1. The molecule has 2 rings (SSSR count). The lowest BCUT2D eigenvalue weighted by molar-refractivity contribution is 0.273. The summed E-state index contributed by atoms with van der Waals surface area (Å²) in [6, 6.07) is 8.42. The van der Waals surface area contributed by atoms with Crippen LogP contribution in [0.4, 0.5) is 0 Å². The fourth-order valence-electron chi connectivity index (χ4n) is 2.41. The Kier molecular flexibility index (Phi) is 7.06. The first-order valence-electron chi connectivity index (χ1n) is 7.45. The van der Waals surface area contributed by atoms with E-state index in [4.69, 9.17) is 16.3 Å². The van der Waals surface area contributed by atoms with Crippen LogP contribution in [0.25, 0.3) is 0 Å². The van der Waals surface area contributed by atoms with E-state index in [1.165, 1.54) is 19.2 Å². The van der Waals surface area contributed by atoms with E-state index < -0.39 is 10.0 Å². The highest BCUT2D eigenvalue weighted by Gasteiger charge is 2.21. The third kappa shape index (κ3) is 4.94. The Morgan fingerprint density at radius 3 is 2.75 bits per heavy atom. The van der Waals surface area contributed by atoms with Crippen molar-refractivity contribution in [2.75, 3.05) is 20.3 Å². The van der Waals surface area contributed by atoms with Gasteiger partial charge in [0.25, 0.3) is 0 Å². The molecule has 0 saturated heterocycles. The van der Waals surface area contributed by atoms with Crippen LogP contribution < -0.4 is 9.46 Å². The van der Waals surface area contributed by atoms with Crippen molar-refractivity contribution in [2.24, 2.45) is 0 Å². The Balaban J connectivity index is 2.06. The zero-order valence-corrected chi connectivity index (χ0v) is 15.6. The van der Waals surface area contributed by atoms with Gasteiger partial charge >= 0.3 is 0 Å². The summed E-state index contributed by atoms with van der Waals surface area (Å²) in [6.45, 7) is 0.331. The van der Waals surface area contributed by atoms with Gasteiger partial charge in [-0.05, 0) is 48.4 Å². The SMILES string of the molecule is COc1ccc(Cl)cc1S(=O)(=O)NCC[C@H](CCO)c1cccs1. The highest BCUT2D eigenvalue weighted by molar-refractivity contribution is 7.89. The molecule has 0 radical (unpaired) electrons. The van der Waals surface area contributed by atoms with Gasteiger partial charge in [-0.2, -0.15) is 0 Å². The minimum atomic E-state index is -3.72. The van der Waals surface area contributed by atoms with Crippen LogP contribution in [0, 0.1) is 0 Å². The van der Waals surface area contributed by atoms with Gasteiger partial charge in [0.1, 0.15) is 10.6 Å². The average Bonchev–Trinajstić information content (AvgIpc) is 3.08. The number of sulfonamides is 1. The fourth-order valence-corrected chi connectivity index (χ4v) is 4.79. The molecule has 0 spiro atoms. The number of methoxy groups -OCH3 is 1. The van der Waals surface area contributed by atoms with E-state index in [2.05, 4.69) is 4.72 Å². The highest BCUT2D eigenvalue weighted by Crippen LogP contribution is 2.29. The van der Waals surface area contributed by atoms with E-state index >= 15 is 0 Å². The minimum Gasteiger partial charge on any atom is -0.495 e. The molecule has 1 atom stereocenters. The Labute approximate surface area is 151 Å². The summed E-state index contributed by atoms with van der Waals surface area (Å²) in [7, 11) is -2.31. The van der Waals surface area contributed by atoms with Gasteiger partial charge in [-0.3, -0.25) is 0 Å². The highest BCUT2D eigenvalue weighted by atomic mass is 35.5. The normalized spacial score (nSPS) is 13.0. The predicted octanol–water partition coefficient (Wildman–Crippen LogP) is 3.24. The molecular formula is C16H20ClNO4S2. The average molecular weight is 390 g/mol. The van der Waals surface area contributed by atoms with Crippen molar-refractivity contribution in [1.82, 2.24) is 4.72 Å². The number of hydrogen-bond donors (Lipinski definition) is 2. The summed E-state index contributed by atoms with van der Waals surface area (Å²) in [5, 5.41) is 11.5. The van der Waals surface area contributed by atoms with E-state index in [1.54, 1.807) is 17.4 Å². The molecular weight excluding hydrogens is 370 g/mol. The summed E-state index contributed by atoms with van der Waals surface area (Å²) in [4.78, 5) is 1.16. The molecule has 0 amide bonds. The van der Waals surface area contributed by atoms with Gasteiger partial charge in [-0.25, -0.2) is 13.1 Å². The predicted molar refractivity (Wildman–Crippen MR) is 96.6 cm³/mol. The van der Waals surface area contributed by atoms with Crippen molar-refractivity contribution in [1.29, 1.82) is 0 Å². The first-order chi connectivity index (χ1) is 11.5. The molecule has 132 valence electrons. The quantitative estimate of drug-likeness (QED) is 0.690. The molecule has 0 aliphatic carbocycles. The molecule has 24 heavy (non-hydrogen) atoms. The third-order valence-corrected chi connectivity index (χ3v) is 6.38. The Bertz CT molecular complexity index is 747. The number of nitrogens with one attached hydrogen (secondary N) is 1. The van der Waals surface area contributed by atoms with Crippen LogP contribution in [-0.2, 0) is 10.0 Å². The maximum atomic E-state index is 12.5. The largest absolute Gasteiger partial charge is 0.495 e. The van der Waals surface area contributed by atoms with E-state index in [0.717, 1.165) is 4.88 Å². The van der Waals surface area contributed by atoms with E-state index in [-0.39, 0.29) is 29.7 Å². The second-order valence-electron chi connectivity index (χ2n) is 5.21. The smallest absolute Gasteiger partial charge is 0.244 e. The van der Waals surface area contributed by atoms with Crippen molar-refractivity contribution >= 4 is 33.0 Å². The van der Waals surface area contributed by atoms with Gasteiger partial charge in [0.15, 0.2) is 0 Å². The monoisotopic (exact) mass is 389 g/mol. The van der Waals surface area contributed by atoms with Crippen molar-refractivity contribution in [3.63, 3.8) is 0 Å². The molecule has 0 unspecified atom stereocenters. The van der Waals surface area contributed by atoms with Crippen LogP contribution >= 0.6 is 22.9 Å². The van der Waals surface area contributed by atoms with E-state index in [1.807, 2.05) is 17.5 Å². The zero-order valence-electron chi connectivity index (χ0n) is 13.2. The molecule has 0 bridgehead atoms. The number of hydrogen-bond acceptors (Lipinski definition) is 5. The molecule has 5 nitrogen and oxygen atoms in total. The van der Waals surface area contributed by atoms with Gasteiger partial charge < -0.3 is 9.84 Å². The number of ether oxygens (including phenoxy) is 1. The van der Waals surface area contributed by atoms with Crippen molar-refractivity contribution in [3.05, 3.63) is 45.6 Å². The van der Waals surface area contributed by atoms with Crippen LogP contribution in [-0.4, -0.2) is 33.8 Å². The van der Waals surface area contributed by atoms with Gasteiger partial charge in [0, 0.05) is 23.1 Å². The lowest BCUT2D eigenvalue weighted by Crippen LogP contribution is -2.26. The number of rotatable bonds is 9. The lowest BCUT2D eigenvalue weighted by Gasteiger charge is -2.15. The zero-order chi connectivity index (χ0) is 17.6. The fraction of sp³-hybridized carbons (Fsp3) is 0.375. The first-order valence-corrected chi connectivity index (χ1v) is 10.2. The Morgan fingerprint density at radius 2 is 2.12 bits per heavy atom.